The van der Waals surface area contributed by atoms with E-state index in [1.807, 2.05) is 17.9 Å². The molecule has 6 nitrogen and oxygen atoms in total. The van der Waals surface area contributed by atoms with Gasteiger partial charge in [-0.2, -0.15) is 5.26 Å². The number of nitrogens with one attached hydrogen (secondary N) is 1. The van der Waals surface area contributed by atoms with Crippen LogP contribution in [-0.2, 0) is 9.59 Å². The summed E-state index contributed by atoms with van der Waals surface area (Å²) in [5.41, 5.74) is 0.451. The van der Waals surface area contributed by atoms with Crippen LogP contribution in [0.2, 0.25) is 0 Å². The van der Waals surface area contributed by atoms with E-state index in [4.69, 9.17) is 5.26 Å². The highest BCUT2D eigenvalue weighted by Gasteiger charge is 2.36. The number of carboxylic acids is 1. The van der Waals surface area contributed by atoms with Gasteiger partial charge in [0.25, 0.3) is 0 Å². The van der Waals surface area contributed by atoms with Gasteiger partial charge in [0, 0.05) is 13.0 Å². The summed E-state index contributed by atoms with van der Waals surface area (Å²) in [6.07, 6.45) is 1.06. The molecule has 0 aliphatic carbocycles. The normalized spacial score (nSPS) is 21.9. The first-order chi connectivity index (χ1) is 10.0. The number of carboxylic acid groups (broad SMARTS) is 1. The number of anilines is 1. The van der Waals surface area contributed by atoms with E-state index in [9.17, 15) is 14.7 Å². The zero-order chi connectivity index (χ0) is 15.4. The summed E-state index contributed by atoms with van der Waals surface area (Å²) >= 11 is 1.30. The number of hydrogen-bond acceptors (Lipinski definition) is 5. The first-order valence-corrected chi connectivity index (χ1v) is 7.65. The molecule has 7 heteroatoms. The van der Waals surface area contributed by atoms with Gasteiger partial charge in [-0.3, -0.25) is 14.5 Å². The Bertz CT molecular complexity index is 578. The third-order valence-corrected chi connectivity index (χ3v) is 4.55. The molecule has 2 atom stereocenters. The van der Waals surface area contributed by atoms with Crippen molar-refractivity contribution in [2.75, 3.05) is 18.4 Å². The maximum Gasteiger partial charge on any atom is 0.321 e. The molecule has 1 saturated heterocycles. The molecule has 1 aromatic heterocycles. The highest BCUT2D eigenvalue weighted by Crippen LogP contribution is 2.25. The molecule has 0 saturated carbocycles. The van der Waals surface area contributed by atoms with Crippen LogP contribution in [0.5, 0.6) is 0 Å². The van der Waals surface area contributed by atoms with Crippen LogP contribution in [0.25, 0.3) is 0 Å². The lowest BCUT2D eigenvalue weighted by atomic mass is 10.0. The Hall–Kier alpha value is -1.91. The van der Waals surface area contributed by atoms with Gasteiger partial charge >= 0.3 is 5.97 Å². The zero-order valence-electron chi connectivity index (χ0n) is 11.7. The molecular formula is C14H17N3O3S. The van der Waals surface area contributed by atoms with Crippen LogP contribution < -0.4 is 5.32 Å². The van der Waals surface area contributed by atoms with Crippen LogP contribution in [0.15, 0.2) is 11.4 Å². The molecule has 1 aliphatic rings. The number of carbonyl (C=O) groups excluding carboxylic acids is 1. The zero-order valence-corrected chi connectivity index (χ0v) is 12.5. The molecule has 2 rings (SSSR count). The molecule has 112 valence electrons. The SMILES string of the molecule is CC1CCN(CCC(=O)Nc2sccc2C#N)C1C(=O)O. The maximum absolute atomic E-state index is 11.9. The molecule has 0 aromatic carbocycles. The van der Waals surface area contributed by atoms with Gasteiger partial charge in [0.1, 0.15) is 17.1 Å². The summed E-state index contributed by atoms with van der Waals surface area (Å²) in [6, 6.07) is 3.16. The summed E-state index contributed by atoms with van der Waals surface area (Å²) in [5.74, 6) is -0.920. The van der Waals surface area contributed by atoms with Crippen molar-refractivity contribution in [3.8, 4) is 6.07 Å². The average Bonchev–Trinajstić information content (AvgIpc) is 3.02. The minimum Gasteiger partial charge on any atom is -0.480 e. The number of nitrogens with zero attached hydrogens (tertiary/aromatic N) is 2. The van der Waals surface area contributed by atoms with Gasteiger partial charge in [-0.15, -0.1) is 11.3 Å². The molecule has 0 bridgehead atoms. The van der Waals surface area contributed by atoms with Crippen molar-refractivity contribution in [1.82, 2.24) is 4.90 Å². The Kier molecular flexibility index (Phi) is 4.94. The standard InChI is InChI=1S/C14H17N3O3S/c1-9-2-5-17(12(9)14(19)20)6-3-11(18)16-13-10(8-15)4-7-21-13/h4,7,9,12H,2-3,5-6H2,1H3,(H,16,18)(H,19,20). The van der Waals surface area contributed by atoms with Crippen molar-refractivity contribution in [2.45, 2.75) is 25.8 Å². The van der Waals surface area contributed by atoms with Crippen molar-refractivity contribution in [3.63, 3.8) is 0 Å². The summed E-state index contributed by atoms with van der Waals surface area (Å²) in [7, 11) is 0. The van der Waals surface area contributed by atoms with E-state index in [2.05, 4.69) is 5.32 Å². The quantitative estimate of drug-likeness (QED) is 0.864. The van der Waals surface area contributed by atoms with Gasteiger partial charge in [0.2, 0.25) is 5.91 Å². The molecule has 1 aliphatic heterocycles. The number of thiophene rings is 1. The van der Waals surface area contributed by atoms with Crippen LogP contribution in [0.3, 0.4) is 0 Å². The fraction of sp³-hybridized carbons (Fsp3) is 0.500. The van der Waals surface area contributed by atoms with E-state index in [1.54, 1.807) is 11.4 Å². The van der Waals surface area contributed by atoms with Crippen LogP contribution in [0, 0.1) is 17.2 Å². The molecule has 2 N–H and O–H groups in total. The van der Waals surface area contributed by atoms with Crippen LogP contribution in [0.4, 0.5) is 5.00 Å². The van der Waals surface area contributed by atoms with Crippen molar-refractivity contribution in [3.05, 3.63) is 17.0 Å². The number of amides is 1. The second-order valence-electron chi connectivity index (χ2n) is 5.16. The Morgan fingerprint density at radius 3 is 3.05 bits per heavy atom. The van der Waals surface area contributed by atoms with Crippen molar-refractivity contribution in [1.29, 1.82) is 5.26 Å². The lowest BCUT2D eigenvalue weighted by Gasteiger charge is -2.22. The Labute approximate surface area is 127 Å². The molecule has 1 amide bonds. The summed E-state index contributed by atoms with van der Waals surface area (Å²) in [5, 5.41) is 23.1. The predicted molar refractivity (Wildman–Crippen MR) is 79.1 cm³/mol. The van der Waals surface area contributed by atoms with Crippen LogP contribution >= 0.6 is 11.3 Å². The van der Waals surface area contributed by atoms with Crippen molar-refractivity contribution < 1.29 is 14.7 Å². The van der Waals surface area contributed by atoms with E-state index in [1.165, 1.54) is 11.3 Å². The van der Waals surface area contributed by atoms with Crippen molar-refractivity contribution >= 4 is 28.2 Å². The molecule has 0 radical (unpaired) electrons. The monoisotopic (exact) mass is 307 g/mol. The first-order valence-electron chi connectivity index (χ1n) is 6.77. The summed E-state index contributed by atoms with van der Waals surface area (Å²) in [4.78, 5) is 25.0. The van der Waals surface area contributed by atoms with Gasteiger partial charge in [0.05, 0.1) is 5.56 Å². The van der Waals surface area contributed by atoms with Gasteiger partial charge in [-0.05, 0) is 30.3 Å². The fourth-order valence-electron chi connectivity index (χ4n) is 2.61. The average molecular weight is 307 g/mol. The topological polar surface area (TPSA) is 93.4 Å². The van der Waals surface area contributed by atoms with E-state index in [-0.39, 0.29) is 18.2 Å². The number of nitriles is 1. The number of likely N-dealkylation sites (tertiary alicyclic amines) is 1. The van der Waals surface area contributed by atoms with Crippen LogP contribution in [-0.4, -0.2) is 41.0 Å². The van der Waals surface area contributed by atoms with E-state index in [0.717, 1.165) is 6.42 Å². The Morgan fingerprint density at radius 2 is 2.38 bits per heavy atom. The largest absolute Gasteiger partial charge is 0.480 e. The predicted octanol–water partition coefficient (Wildman–Crippen LogP) is 1.74. The van der Waals surface area contributed by atoms with Gasteiger partial charge in [-0.1, -0.05) is 6.92 Å². The van der Waals surface area contributed by atoms with Gasteiger partial charge in [-0.25, -0.2) is 0 Å². The fourth-order valence-corrected chi connectivity index (χ4v) is 3.36. The summed E-state index contributed by atoms with van der Waals surface area (Å²) < 4.78 is 0. The number of carbonyl (C=O) groups is 2. The summed E-state index contributed by atoms with van der Waals surface area (Å²) in [6.45, 7) is 3.04. The van der Waals surface area contributed by atoms with E-state index >= 15 is 0 Å². The molecular weight excluding hydrogens is 290 g/mol. The Balaban J connectivity index is 1.87. The minimum absolute atomic E-state index is 0.105. The third kappa shape index (κ3) is 3.60. The lowest BCUT2D eigenvalue weighted by Crippen LogP contribution is -2.40. The van der Waals surface area contributed by atoms with E-state index < -0.39 is 12.0 Å². The number of aliphatic carboxylic acids is 1. The third-order valence-electron chi connectivity index (χ3n) is 3.72. The molecule has 1 aromatic rings. The van der Waals surface area contributed by atoms with Crippen LogP contribution in [0.1, 0.15) is 25.3 Å². The highest BCUT2D eigenvalue weighted by molar-refractivity contribution is 7.14. The molecule has 0 spiro atoms. The minimum atomic E-state index is -0.828. The molecule has 1 fully saturated rings. The molecule has 2 heterocycles. The number of hydrogen-bond donors (Lipinski definition) is 2. The highest BCUT2D eigenvalue weighted by atomic mass is 32.1. The Morgan fingerprint density at radius 1 is 1.62 bits per heavy atom. The number of rotatable bonds is 5. The molecule has 21 heavy (non-hydrogen) atoms. The second kappa shape index (κ2) is 6.70. The lowest BCUT2D eigenvalue weighted by molar-refractivity contribution is -0.143. The first kappa shape index (κ1) is 15.5. The molecule has 2 unspecified atom stereocenters. The maximum atomic E-state index is 11.9. The smallest absolute Gasteiger partial charge is 0.321 e. The van der Waals surface area contributed by atoms with Crippen molar-refractivity contribution in [2.24, 2.45) is 5.92 Å². The van der Waals surface area contributed by atoms with Gasteiger partial charge < -0.3 is 10.4 Å². The van der Waals surface area contributed by atoms with Gasteiger partial charge in [0.15, 0.2) is 0 Å². The second-order valence-corrected chi connectivity index (χ2v) is 6.07. The van der Waals surface area contributed by atoms with E-state index in [0.29, 0.717) is 23.7 Å².